The van der Waals surface area contributed by atoms with Crippen LogP contribution in [-0.4, -0.2) is 16.5 Å². The van der Waals surface area contributed by atoms with Gasteiger partial charge in [-0.2, -0.15) is 0 Å². The lowest BCUT2D eigenvalue weighted by Crippen LogP contribution is -1.92. The third-order valence-electron chi connectivity index (χ3n) is 2.95. The predicted octanol–water partition coefficient (Wildman–Crippen LogP) is 3.35. The molecule has 4 nitrogen and oxygen atoms in total. The predicted molar refractivity (Wildman–Crippen MR) is 79.3 cm³/mol. The highest BCUT2D eigenvalue weighted by Crippen LogP contribution is 2.28. The highest BCUT2D eigenvalue weighted by atomic mass is 79.9. The van der Waals surface area contributed by atoms with Crippen molar-refractivity contribution in [3.63, 3.8) is 0 Å². The van der Waals surface area contributed by atoms with Crippen LogP contribution in [0.2, 0.25) is 0 Å². The number of halogens is 1. The fourth-order valence-electron chi connectivity index (χ4n) is 2.03. The molecular formula is C14H12BrN3O. The van der Waals surface area contributed by atoms with Crippen LogP contribution in [0.3, 0.4) is 0 Å². The molecule has 0 radical (unpaired) electrons. The zero-order valence-corrected chi connectivity index (χ0v) is 11.9. The Bertz CT molecular complexity index is 752. The fraction of sp³-hybridized carbons (Fsp3) is 0.0714. The van der Waals surface area contributed by atoms with E-state index in [0.717, 1.165) is 27.3 Å². The lowest BCUT2D eigenvalue weighted by atomic mass is 10.2. The minimum atomic E-state index is 0.713. The molecule has 0 bridgehead atoms. The van der Waals surface area contributed by atoms with Gasteiger partial charge in [0.15, 0.2) is 0 Å². The van der Waals surface area contributed by atoms with Crippen molar-refractivity contribution >= 4 is 27.1 Å². The summed E-state index contributed by atoms with van der Waals surface area (Å²) in [6.45, 7) is 0. The van der Waals surface area contributed by atoms with Gasteiger partial charge in [0.25, 0.3) is 0 Å². The number of aromatic nitrogens is 2. The number of nitrogens with two attached hydrogens (primary N) is 1. The first-order valence-electron chi connectivity index (χ1n) is 5.76. The molecule has 0 fully saturated rings. The van der Waals surface area contributed by atoms with Crippen LogP contribution >= 0.6 is 15.9 Å². The van der Waals surface area contributed by atoms with Crippen LogP contribution in [0, 0.1) is 0 Å². The first kappa shape index (κ1) is 12.0. The van der Waals surface area contributed by atoms with Gasteiger partial charge < -0.3 is 10.5 Å². The number of nitrogen functional groups attached to an aromatic ring is 1. The first-order chi connectivity index (χ1) is 9.19. The van der Waals surface area contributed by atoms with Gasteiger partial charge >= 0.3 is 0 Å². The van der Waals surface area contributed by atoms with Crippen LogP contribution < -0.4 is 10.5 Å². The summed E-state index contributed by atoms with van der Waals surface area (Å²) in [5.74, 6) is 1.65. The second-order valence-electron chi connectivity index (χ2n) is 4.17. The SMILES string of the molecule is COc1cccc(-c2nc(Br)c3cc(N)ccn23)c1. The molecule has 0 amide bonds. The van der Waals surface area contributed by atoms with E-state index in [2.05, 4.69) is 20.9 Å². The van der Waals surface area contributed by atoms with Gasteiger partial charge in [-0.05, 0) is 40.2 Å². The number of methoxy groups -OCH3 is 1. The second kappa shape index (κ2) is 4.59. The molecule has 0 aliphatic carbocycles. The Hall–Kier alpha value is -2.01. The summed E-state index contributed by atoms with van der Waals surface area (Å²) in [6, 6.07) is 11.6. The number of hydrogen-bond acceptors (Lipinski definition) is 3. The lowest BCUT2D eigenvalue weighted by molar-refractivity contribution is 0.415. The highest BCUT2D eigenvalue weighted by Gasteiger charge is 2.11. The normalized spacial score (nSPS) is 10.8. The van der Waals surface area contributed by atoms with Crippen LogP contribution in [0.25, 0.3) is 16.9 Å². The molecule has 0 aliphatic rings. The minimum absolute atomic E-state index is 0.713. The molecule has 0 aliphatic heterocycles. The monoisotopic (exact) mass is 317 g/mol. The average molecular weight is 318 g/mol. The van der Waals surface area contributed by atoms with Crippen LogP contribution in [0.1, 0.15) is 0 Å². The molecule has 2 heterocycles. The molecule has 0 unspecified atom stereocenters. The summed E-state index contributed by atoms with van der Waals surface area (Å²) in [5, 5.41) is 0. The molecule has 0 atom stereocenters. The molecular weight excluding hydrogens is 306 g/mol. The maximum absolute atomic E-state index is 5.80. The van der Waals surface area contributed by atoms with Crippen molar-refractivity contribution in [2.75, 3.05) is 12.8 Å². The zero-order valence-electron chi connectivity index (χ0n) is 10.3. The van der Waals surface area contributed by atoms with E-state index in [1.807, 2.05) is 47.0 Å². The Labute approximate surface area is 119 Å². The average Bonchev–Trinajstić information content (AvgIpc) is 2.76. The van der Waals surface area contributed by atoms with E-state index in [4.69, 9.17) is 10.5 Å². The Morgan fingerprint density at radius 2 is 2.11 bits per heavy atom. The smallest absolute Gasteiger partial charge is 0.146 e. The Kier molecular flexibility index (Phi) is 2.91. The van der Waals surface area contributed by atoms with Crippen molar-refractivity contribution in [3.8, 4) is 17.1 Å². The van der Waals surface area contributed by atoms with Gasteiger partial charge in [-0.3, -0.25) is 4.40 Å². The third-order valence-corrected chi connectivity index (χ3v) is 3.53. The maximum Gasteiger partial charge on any atom is 0.146 e. The van der Waals surface area contributed by atoms with Gasteiger partial charge in [0.05, 0.1) is 12.6 Å². The highest BCUT2D eigenvalue weighted by molar-refractivity contribution is 9.10. The van der Waals surface area contributed by atoms with Crippen molar-refractivity contribution in [1.29, 1.82) is 0 Å². The summed E-state index contributed by atoms with van der Waals surface area (Å²) >= 11 is 3.47. The van der Waals surface area contributed by atoms with Crippen molar-refractivity contribution < 1.29 is 4.74 Å². The Balaban J connectivity index is 2.25. The molecule has 0 saturated carbocycles. The van der Waals surface area contributed by atoms with E-state index >= 15 is 0 Å². The molecule has 0 saturated heterocycles. The molecule has 19 heavy (non-hydrogen) atoms. The third kappa shape index (κ3) is 2.06. The molecule has 2 N–H and O–H groups in total. The van der Waals surface area contributed by atoms with Crippen LogP contribution in [0.15, 0.2) is 47.2 Å². The summed E-state index contributed by atoms with van der Waals surface area (Å²) in [5.41, 5.74) is 8.45. The number of hydrogen-bond donors (Lipinski definition) is 1. The van der Waals surface area contributed by atoms with E-state index in [1.54, 1.807) is 7.11 Å². The number of anilines is 1. The van der Waals surface area contributed by atoms with E-state index in [9.17, 15) is 0 Å². The molecule has 1 aromatic carbocycles. The molecule has 3 rings (SSSR count). The van der Waals surface area contributed by atoms with Gasteiger partial charge in [-0.25, -0.2) is 4.98 Å². The number of fused-ring (bicyclic) bond motifs is 1. The second-order valence-corrected chi connectivity index (χ2v) is 4.92. The zero-order chi connectivity index (χ0) is 13.4. The van der Waals surface area contributed by atoms with E-state index in [0.29, 0.717) is 5.69 Å². The summed E-state index contributed by atoms with van der Waals surface area (Å²) in [4.78, 5) is 4.55. The van der Waals surface area contributed by atoms with Crippen LogP contribution in [-0.2, 0) is 0 Å². The molecule has 2 aromatic heterocycles. The number of pyridine rings is 1. The molecule has 0 spiro atoms. The number of benzene rings is 1. The molecule has 96 valence electrons. The minimum Gasteiger partial charge on any atom is -0.497 e. The first-order valence-corrected chi connectivity index (χ1v) is 6.56. The number of nitrogens with zero attached hydrogens (tertiary/aromatic N) is 2. The number of ether oxygens (including phenoxy) is 1. The summed E-state index contributed by atoms with van der Waals surface area (Å²) in [7, 11) is 1.65. The summed E-state index contributed by atoms with van der Waals surface area (Å²) in [6.07, 6.45) is 1.91. The van der Waals surface area contributed by atoms with Gasteiger partial charge in [0, 0.05) is 17.4 Å². The Morgan fingerprint density at radius 3 is 2.89 bits per heavy atom. The topological polar surface area (TPSA) is 52.5 Å². The summed E-state index contributed by atoms with van der Waals surface area (Å²) < 4.78 is 8.02. The van der Waals surface area contributed by atoms with Gasteiger partial charge in [-0.1, -0.05) is 12.1 Å². The quantitative estimate of drug-likeness (QED) is 0.788. The van der Waals surface area contributed by atoms with Crippen molar-refractivity contribution in [2.24, 2.45) is 0 Å². The number of imidazole rings is 1. The van der Waals surface area contributed by atoms with Crippen molar-refractivity contribution in [2.45, 2.75) is 0 Å². The maximum atomic E-state index is 5.80. The number of rotatable bonds is 2. The van der Waals surface area contributed by atoms with Crippen molar-refractivity contribution in [3.05, 3.63) is 47.2 Å². The van der Waals surface area contributed by atoms with Crippen molar-refractivity contribution in [1.82, 2.24) is 9.38 Å². The van der Waals surface area contributed by atoms with Gasteiger partial charge in [0.1, 0.15) is 16.2 Å². The van der Waals surface area contributed by atoms with Crippen LogP contribution in [0.4, 0.5) is 5.69 Å². The van der Waals surface area contributed by atoms with E-state index in [-0.39, 0.29) is 0 Å². The van der Waals surface area contributed by atoms with Gasteiger partial charge in [0.2, 0.25) is 0 Å². The lowest BCUT2D eigenvalue weighted by Gasteiger charge is -2.04. The fourth-order valence-corrected chi connectivity index (χ4v) is 2.50. The largest absolute Gasteiger partial charge is 0.497 e. The van der Waals surface area contributed by atoms with Crippen LogP contribution in [0.5, 0.6) is 5.75 Å². The van der Waals surface area contributed by atoms with Gasteiger partial charge in [-0.15, -0.1) is 0 Å². The molecule has 3 aromatic rings. The Morgan fingerprint density at radius 1 is 1.26 bits per heavy atom. The molecule has 5 heteroatoms. The standard InChI is InChI=1S/C14H12BrN3O/c1-19-11-4-2-3-9(7-11)14-17-13(15)12-8-10(16)5-6-18(12)14/h2-8H,16H2,1H3. The van der Waals surface area contributed by atoms with E-state index in [1.165, 1.54) is 0 Å². The van der Waals surface area contributed by atoms with E-state index < -0.39 is 0 Å².